The predicted molar refractivity (Wildman–Crippen MR) is 255 cm³/mol. The number of aromatic nitrogens is 1. The van der Waals surface area contributed by atoms with Crippen LogP contribution in [0, 0.1) is 15.5 Å². The minimum Gasteiger partial charge on any atom is -0.462 e. The Kier molecular flexibility index (Phi) is 13.3. The van der Waals surface area contributed by atoms with Crippen LogP contribution in [-0.4, -0.2) is 92.4 Å². The second-order valence-corrected chi connectivity index (χ2v) is 20.6. The molecule has 16 heteroatoms. The van der Waals surface area contributed by atoms with Crippen molar-refractivity contribution in [2.24, 2.45) is 5.41 Å². The lowest BCUT2D eigenvalue weighted by molar-refractivity contribution is -0.384. The molecule has 4 aromatic carbocycles. The lowest BCUT2D eigenvalue weighted by Crippen LogP contribution is -2.47. The van der Waals surface area contributed by atoms with Gasteiger partial charge in [0.25, 0.3) is 21.6 Å². The van der Waals surface area contributed by atoms with Gasteiger partial charge in [-0.3, -0.25) is 19.8 Å². The molecule has 0 unspecified atom stereocenters. The lowest BCUT2D eigenvalue weighted by Gasteiger charge is -2.39. The summed E-state index contributed by atoms with van der Waals surface area (Å²) in [6.45, 7) is 12.0. The third-order valence-electron chi connectivity index (χ3n) is 12.8. The Hall–Kier alpha value is -5.87. The first-order valence-corrected chi connectivity index (χ1v) is 23.9. The summed E-state index contributed by atoms with van der Waals surface area (Å²) in [5, 5.41) is 16.2. The number of halogens is 1. The van der Waals surface area contributed by atoms with Crippen molar-refractivity contribution in [2.45, 2.75) is 63.3 Å². The Morgan fingerprint density at radius 2 is 1.62 bits per heavy atom. The van der Waals surface area contributed by atoms with Crippen LogP contribution in [0.2, 0.25) is 5.02 Å². The highest BCUT2D eigenvalue weighted by Crippen LogP contribution is 2.41. The molecule has 14 nitrogen and oxygen atoms in total. The number of piperidine rings is 1. The van der Waals surface area contributed by atoms with Crippen LogP contribution in [0.4, 0.5) is 17.1 Å². The van der Waals surface area contributed by atoms with E-state index in [1.807, 2.05) is 74.8 Å². The van der Waals surface area contributed by atoms with E-state index in [9.17, 15) is 23.3 Å². The zero-order valence-electron chi connectivity index (χ0n) is 37.2. The van der Waals surface area contributed by atoms with E-state index in [2.05, 4.69) is 43.6 Å². The summed E-state index contributed by atoms with van der Waals surface area (Å²) < 4.78 is 42.7. The molecule has 3 heterocycles. The van der Waals surface area contributed by atoms with Crippen LogP contribution < -0.4 is 24.4 Å². The number of allylic oxidation sites excluding steroid dienone is 1. The minimum absolute atomic E-state index is 0.0235. The first kappa shape index (κ1) is 45.7. The van der Waals surface area contributed by atoms with E-state index in [0.717, 1.165) is 99.3 Å². The number of nitro benzene ring substituents is 1. The van der Waals surface area contributed by atoms with Crippen molar-refractivity contribution in [1.82, 2.24) is 19.5 Å². The third kappa shape index (κ3) is 11.2. The highest BCUT2D eigenvalue weighted by Gasteiger charge is 2.33. The molecule has 0 spiro atoms. The van der Waals surface area contributed by atoms with Crippen molar-refractivity contribution < 1.29 is 27.6 Å². The van der Waals surface area contributed by atoms with E-state index in [4.69, 9.17) is 21.1 Å². The van der Waals surface area contributed by atoms with Gasteiger partial charge in [-0.1, -0.05) is 37.6 Å². The van der Waals surface area contributed by atoms with Gasteiger partial charge in [0, 0.05) is 98.1 Å². The number of nitro groups is 1. The molecule has 0 bridgehead atoms. The monoisotopic (exact) mass is 921 g/mol. The van der Waals surface area contributed by atoms with Crippen molar-refractivity contribution in [3.63, 3.8) is 0 Å². The van der Waals surface area contributed by atoms with Gasteiger partial charge >= 0.3 is 0 Å². The normalized spacial score (nSPS) is 18.0. The van der Waals surface area contributed by atoms with E-state index in [-0.39, 0.29) is 22.4 Å². The van der Waals surface area contributed by atoms with Gasteiger partial charge in [-0.05, 0) is 123 Å². The fourth-order valence-corrected chi connectivity index (χ4v) is 9.82. The van der Waals surface area contributed by atoms with Crippen LogP contribution in [0.1, 0.15) is 63.2 Å². The molecule has 1 aromatic heterocycles. The summed E-state index contributed by atoms with van der Waals surface area (Å²) in [6.07, 6.45) is 6.22. The molecule has 2 fully saturated rings. The number of piperazine rings is 1. The predicted octanol–water partition coefficient (Wildman–Crippen LogP) is 9.72. The first-order valence-electron chi connectivity index (χ1n) is 22.0. The summed E-state index contributed by atoms with van der Waals surface area (Å²) >= 11 is 6.15. The number of ether oxygens (including phenoxy) is 2. The number of sulfonamides is 1. The molecule has 8 rings (SSSR count). The average molecular weight is 923 g/mol. The Morgan fingerprint density at radius 3 is 2.32 bits per heavy atom. The number of hydrogen-bond acceptors (Lipinski definition) is 11. The van der Waals surface area contributed by atoms with Crippen molar-refractivity contribution in [2.75, 3.05) is 63.1 Å². The molecular formula is C49H56ClN7O7S. The Labute approximate surface area is 385 Å². The summed E-state index contributed by atoms with van der Waals surface area (Å²) in [6, 6.07) is 27.4. The number of nitrogens with one attached hydrogen (secondary N) is 3. The smallest absolute Gasteiger partial charge is 0.293 e. The number of amides is 1. The largest absolute Gasteiger partial charge is 0.462 e. The molecular weight excluding hydrogens is 866 g/mol. The molecule has 0 atom stereocenters. The van der Waals surface area contributed by atoms with E-state index in [1.165, 1.54) is 17.7 Å². The summed E-state index contributed by atoms with van der Waals surface area (Å²) in [7, 11) is -2.55. The lowest BCUT2D eigenvalue weighted by atomic mass is 9.77. The van der Waals surface area contributed by atoms with Gasteiger partial charge in [0.05, 0.1) is 15.4 Å². The average Bonchev–Trinajstić information content (AvgIpc) is 3.82. The molecule has 2 saturated heterocycles. The van der Waals surface area contributed by atoms with Crippen LogP contribution in [-0.2, 0) is 10.0 Å². The molecule has 65 heavy (non-hydrogen) atoms. The van der Waals surface area contributed by atoms with Gasteiger partial charge in [0.2, 0.25) is 0 Å². The minimum atomic E-state index is -4.57. The van der Waals surface area contributed by atoms with Crippen LogP contribution in [0.15, 0.2) is 119 Å². The Morgan fingerprint density at radius 1 is 0.862 bits per heavy atom. The number of nitrogens with zero attached hydrogens (tertiary/aromatic N) is 4. The topological polar surface area (TPSA) is 162 Å². The fourth-order valence-electron chi connectivity index (χ4n) is 8.71. The Bertz CT molecular complexity index is 2670. The molecule has 2 aliphatic heterocycles. The zero-order valence-corrected chi connectivity index (χ0v) is 38.8. The van der Waals surface area contributed by atoms with Crippen molar-refractivity contribution in [1.29, 1.82) is 0 Å². The van der Waals surface area contributed by atoms with Crippen molar-refractivity contribution >= 4 is 44.6 Å². The standard InChI is InChI=1S/C49H56ClN7O7S/c1-48(2)19-18-35(46(32-48)63-38-13-10-36(50)11-14-38)33-55-25-27-56(28-26-55)37-12-16-41(45(30-37)64-39-8-5-7-34(29-39)42-9-6-22-51-42)47(58)53-65(61,62)40-15-17-43(44(31-40)57(59)60)52-49(3)20-23-54(4)24-21-49/h5-17,22,29-31,51-52H,18-21,23-28,32-33H2,1-4H3,(H,53,58). The molecule has 342 valence electrons. The number of H-pyrrole nitrogens is 1. The molecule has 1 amide bonds. The number of anilines is 2. The fraction of sp³-hybridized carbons (Fsp3) is 0.367. The molecule has 1 aliphatic carbocycles. The highest BCUT2D eigenvalue weighted by atomic mass is 35.5. The number of likely N-dealkylation sites (tertiary alicyclic amines) is 1. The maximum absolute atomic E-state index is 14.1. The van der Waals surface area contributed by atoms with Crippen LogP contribution >= 0.6 is 11.6 Å². The zero-order chi connectivity index (χ0) is 45.9. The number of carbonyl (C=O) groups excluding carboxylic acids is 1. The van der Waals surface area contributed by atoms with Crippen LogP contribution in [0.5, 0.6) is 17.2 Å². The van der Waals surface area contributed by atoms with Crippen LogP contribution in [0.25, 0.3) is 11.3 Å². The summed E-state index contributed by atoms with van der Waals surface area (Å²) in [5.74, 6) is 1.44. The molecule has 0 saturated carbocycles. The number of benzene rings is 4. The van der Waals surface area contributed by atoms with E-state index in [1.54, 1.807) is 24.3 Å². The molecule has 5 aromatic rings. The SMILES string of the molecule is CN1CCC(C)(Nc2ccc(S(=O)(=O)NC(=O)c3ccc(N4CCN(CC5=C(Oc6ccc(Cl)cc6)CC(C)(C)CC5)CC4)cc3Oc3cccc(-c4ccc[nH]4)c3)cc2[N+](=O)[O-])CC1. The maximum atomic E-state index is 14.1. The molecule has 3 N–H and O–H groups in total. The van der Waals surface area contributed by atoms with Crippen molar-refractivity contribution in [3.8, 4) is 28.5 Å². The van der Waals surface area contributed by atoms with Gasteiger partial charge in [-0.15, -0.1) is 0 Å². The van der Waals surface area contributed by atoms with E-state index >= 15 is 0 Å². The van der Waals surface area contributed by atoms with E-state index < -0.39 is 37.0 Å². The first-order chi connectivity index (χ1) is 31.0. The third-order valence-corrected chi connectivity index (χ3v) is 14.3. The molecule has 3 aliphatic rings. The van der Waals surface area contributed by atoms with Gasteiger partial charge in [-0.25, -0.2) is 13.1 Å². The second kappa shape index (κ2) is 18.9. The van der Waals surface area contributed by atoms with Gasteiger partial charge < -0.3 is 29.6 Å². The second-order valence-electron chi connectivity index (χ2n) is 18.4. The van der Waals surface area contributed by atoms with Crippen molar-refractivity contribution in [3.05, 3.63) is 135 Å². The van der Waals surface area contributed by atoms with Gasteiger partial charge in [0.1, 0.15) is 28.7 Å². The number of carbonyl (C=O) groups is 1. The number of aromatic amines is 1. The highest BCUT2D eigenvalue weighted by molar-refractivity contribution is 7.90. The van der Waals surface area contributed by atoms with Crippen LogP contribution in [0.3, 0.4) is 0 Å². The molecule has 0 radical (unpaired) electrons. The van der Waals surface area contributed by atoms with E-state index in [0.29, 0.717) is 23.9 Å². The summed E-state index contributed by atoms with van der Waals surface area (Å²) in [5.41, 5.74) is 3.35. The number of rotatable bonds is 14. The number of hydrogen-bond donors (Lipinski definition) is 3. The quantitative estimate of drug-likeness (QED) is 0.0718. The van der Waals surface area contributed by atoms with Gasteiger partial charge in [-0.2, -0.15) is 0 Å². The summed E-state index contributed by atoms with van der Waals surface area (Å²) in [4.78, 5) is 35.4. The van der Waals surface area contributed by atoms with Gasteiger partial charge in [0.15, 0.2) is 0 Å². The maximum Gasteiger partial charge on any atom is 0.293 e. The Balaban J connectivity index is 1.02.